The van der Waals surface area contributed by atoms with Crippen molar-refractivity contribution in [3.8, 4) is 11.5 Å². The van der Waals surface area contributed by atoms with Gasteiger partial charge in [-0.2, -0.15) is 0 Å². The average Bonchev–Trinajstić information content (AvgIpc) is 3.08. The molecule has 0 aliphatic carbocycles. The molecule has 150 valence electrons. The summed E-state index contributed by atoms with van der Waals surface area (Å²) < 4.78 is 36.2. The van der Waals surface area contributed by atoms with Crippen molar-refractivity contribution >= 4 is 50.5 Å². The Morgan fingerprint density at radius 2 is 1.86 bits per heavy atom. The van der Waals surface area contributed by atoms with E-state index in [0.29, 0.717) is 39.3 Å². The predicted molar refractivity (Wildman–Crippen MR) is 109 cm³/mol. The number of rotatable bonds is 7. The van der Waals surface area contributed by atoms with Crippen molar-refractivity contribution < 1.29 is 22.7 Å². The fourth-order valence-corrected chi connectivity index (χ4v) is 3.96. The first-order chi connectivity index (χ1) is 13.2. The Kier molecular flexibility index (Phi) is 6.22. The first-order valence-corrected chi connectivity index (χ1v) is 11.0. The molecule has 2 aromatic rings. The van der Waals surface area contributed by atoms with E-state index in [-0.39, 0.29) is 25.7 Å². The summed E-state index contributed by atoms with van der Waals surface area (Å²) in [5, 5.41) is 3.44. The average molecular weight is 445 g/mol. The van der Waals surface area contributed by atoms with Crippen LogP contribution in [0.4, 0.5) is 11.4 Å². The fraction of sp³-hybridized carbons (Fsp3) is 0.278. The third kappa shape index (κ3) is 5.01. The zero-order valence-corrected chi connectivity index (χ0v) is 17.3. The first kappa shape index (κ1) is 20.6. The van der Waals surface area contributed by atoms with Crippen molar-refractivity contribution in [2.75, 3.05) is 29.2 Å². The molecule has 0 saturated carbocycles. The third-order valence-electron chi connectivity index (χ3n) is 4.01. The maximum absolute atomic E-state index is 12.2. The molecule has 0 aromatic heterocycles. The van der Waals surface area contributed by atoms with Crippen LogP contribution in [0.25, 0.3) is 0 Å². The lowest BCUT2D eigenvalue weighted by molar-refractivity contribution is -0.116. The lowest BCUT2D eigenvalue weighted by Gasteiger charge is -2.22. The Hall–Kier alpha value is -2.16. The van der Waals surface area contributed by atoms with Gasteiger partial charge in [0.25, 0.3) is 0 Å². The topological polar surface area (TPSA) is 84.9 Å². The van der Waals surface area contributed by atoms with E-state index >= 15 is 0 Å². The minimum absolute atomic E-state index is 0.104. The Morgan fingerprint density at radius 1 is 1.11 bits per heavy atom. The van der Waals surface area contributed by atoms with Crippen molar-refractivity contribution in [2.24, 2.45) is 0 Å². The minimum atomic E-state index is -3.53. The highest BCUT2D eigenvalue weighted by Gasteiger charge is 2.21. The second-order valence-corrected chi connectivity index (χ2v) is 8.87. The van der Waals surface area contributed by atoms with Crippen molar-refractivity contribution in [3.63, 3.8) is 0 Å². The zero-order chi connectivity index (χ0) is 20.3. The number of anilines is 2. The molecule has 1 N–H and O–H groups in total. The largest absolute Gasteiger partial charge is 0.454 e. The van der Waals surface area contributed by atoms with Gasteiger partial charge in [0.2, 0.25) is 22.7 Å². The number of nitrogens with zero attached hydrogens (tertiary/aromatic N) is 1. The molecular formula is C18H18Cl2N2O5S. The number of benzene rings is 2. The van der Waals surface area contributed by atoms with Crippen molar-refractivity contribution in [3.05, 3.63) is 46.4 Å². The van der Waals surface area contributed by atoms with Gasteiger partial charge in [-0.15, -0.1) is 0 Å². The quantitative estimate of drug-likeness (QED) is 0.699. The highest BCUT2D eigenvalue weighted by Crippen LogP contribution is 2.36. The van der Waals surface area contributed by atoms with Gasteiger partial charge in [-0.25, -0.2) is 8.42 Å². The number of nitrogens with one attached hydrogen (secondary N) is 1. The Balaban J connectivity index is 1.61. The molecule has 7 nitrogen and oxygen atoms in total. The van der Waals surface area contributed by atoms with Crippen LogP contribution >= 0.6 is 23.2 Å². The van der Waals surface area contributed by atoms with E-state index in [1.54, 1.807) is 36.4 Å². The number of hydrogen-bond acceptors (Lipinski definition) is 5. The molecule has 1 aliphatic rings. The number of halogens is 2. The second-order valence-electron chi connectivity index (χ2n) is 6.15. The summed E-state index contributed by atoms with van der Waals surface area (Å²) in [4.78, 5) is 12.1. The van der Waals surface area contributed by atoms with Crippen LogP contribution in [0, 0.1) is 0 Å². The molecule has 0 radical (unpaired) electrons. The summed E-state index contributed by atoms with van der Waals surface area (Å²) in [6.07, 6.45) is 1.58. The molecule has 0 atom stereocenters. The SMILES string of the molecule is CS(=O)(=O)N(CCCC(=O)Nc1ccc(Cl)c(Cl)c1)c1ccc2c(c1)OCO2. The summed E-state index contributed by atoms with van der Waals surface area (Å²) in [5.41, 5.74) is 0.979. The van der Waals surface area contributed by atoms with Crippen LogP contribution in [-0.2, 0) is 14.8 Å². The van der Waals surface area contributed by atoms with Gasteiger partial charge in [0.05, 0.1) is 22.0 Å². The Labute approximate surface area is 173 Å². The molecule has 0 unspecified atom stereocenters. The van der Waals surface area contributed by atoms with Gasteiger partial charge in [-0.1, -0.05) is 23.2 Å². The standard InChI is InChI=1S/C18H18Cl2N2O5S/c1-28(24,25)22(13-5-7-16-17(10-13)27-11-26-16)8-2-3-18(23)21-12-4-6-14(19)15(20)9-12/h4-7,9-10H,2-3,8,11H2,1H3,(H,21,23). The van der Waals surface area contributed by atoms with Crippen LogP contribution in [0.3, 0.4) is 0 Å². The van der Waals surface area contributed by atoms with E-state index in [1.807, 2.05) is 0 Å². The fourth-order valence-electron chi connectivity index (χ4n) is 2.71. The maximum Gasteiger partial charge on any atom is 0.232 e. The Bertz CT molecular complexity index is 997. The van der Waals surface area contributed by atoms with Gasteiger partial charge < -0.3 is 14.8 Å². The molecule has 3 rings (SSSR count). The predicted octanol–water partition coefficient (Wildman–Crippen LogP) is 3.91. The van der Waals surface area contributed by atoms with Crippen molar-refractivity contribution in [1.82, 2.24) is 0 Å². The summed E-state index contributed by atoms with van der Waals surface area (Å²) in [6, 6.07) is 9.69. The van der Waals surface area contributed by atoms with Crippen LogP contribution in [0.15, 0.2) is 36.4 Å². The van der Waals surface area contributed by atoms with Crippen LogP contribution in [0.5, 0.6) is 11.5 Å². The number of fused-ring (bicyclic) bond motifs is 1. The lowest BCUT2D eigenvalue weighted by atomic mass is 10.2. The molecule has 0 fully saturated rings. The maximum atomic E-state index is 12.2. The van der Waals surface area contributed by atoms with Gasteiger partial charge in [-0.3, -0.25) is 9.10 Å². The van der Waals surface area contributed by atoms with E-state index in [0.717, 1.165) is 6.26 Å². The number of carbonyl (C=O) groups is 1. The normalized spacial score (nSPS) is 12.7. The van der Waals surface area contributed by atoms with Gasteiger partial charge in [0, 0.05) is 24.7 Å². The summed E-state index contributed by atoms with van der Waals surface area (Å²) in [6.45, 7) is 0.250. The molecule has 28 heavy (non-hydrogen) atoms. The molecule has 2 aromatic carbocycles. The summed E-state index contributed by atoms with van der Waals surface area (Å²) in [5.74, 6) is 0.805. The van der Waals surface area contributed by atoms with E-state index in [9.17, 15) is 13.2 Å². The highest BCUT2D eigenvalue weighted by atomic mass is 35.5. The van der Waals surface area contributed by atoms with Crippen LogP contribution in [-0.4, -0.2) is 33.9 Å². The number of hydrogen-bond donors (Lipinski definition) is 1. The third-order valence-corrected chi connectivity index (χ3v) is 5.95. The van der Waals surface area contributed by atoms with E-state index in [4.69, 9.17) is 32.7 Å². The molecule has 10 heteroatoms. The van der Waals surface area contributed by atoms with E-state index < -0.39 is 10.0 Å². The van der Waals surface area contributed by atoms with Crippen LogP contribution < -0.4 is 19.1 Å². The molecule has 1 aliphatic heterocycles. The van der Waals surface area contributed by atoms with Crippen LogP contribution in [0.1, 0.15) is 12.8 Å². The monoisotopic (exact) mass is 444 g/mol. The smallest absolute Gasteiger partial charge is 0.232 e. The molecule has 0 saturated heterocycles. The Morgan fingerprint density at radius 3 is 2.57 bits per heavy atom. The van der Waals surface area contributed by atoms with Gasteiger partial charge in [0.1, 0.15) is 0 Å². The molecule has 0 spiro atoms. The second kappa shape index (κ2) is 8.46. The van der Waals surface area contributed by atoms with Crippen LogP contribution in [0.2, 0.25) is 10.0 Å². The number of carbonyl (C=O) groups excluding carboxylic acids is 1. The number of ether oxygens (including phenoxy) is 2. The lowest BCUT2D eigenvalue weighted by Crippen LogP contribution is -2.31. The highest BCUT2D eigenvalue weighted by molar-refractivity contribution is 7.92. The molecular weight excluding hydrogens is 427 g/mol. The molecule has 1 heterocycles. The zero-order valence-electron chi connectivity index (χ0n) is 14.9. The molecule has 0 bridgehead atoms. The van der Waals surface area contributed by atoms with E-state index in [2.05, 4.69) is 5.32 Å². The molecule has 1 amide bonds. The number of amides is 1. The van der Waals surface area contributed by atoms with Gasteiger partial charge in [-0.05, 0) is 36.8 Å². The van der Waals surface area contributed by atoms with Crippen molar-refractivity contribution in [2.45, 2.75) is 12.8 Å². The minimum Gasteiger partial charge on any atom is -0.454 e. The van der Waals surface area contributed by atoms with Gasteiger partial charge >= 0.3 is 0 Å². The summed E-state index contributed by atoms with van der Waals surface area (Å²) >= 11 is 11.8. The van der Waals surface area contributed by atoms with Crippen molar-refractivity contribution in [1.29, 1.82) is 0 Å². The first-order valence-electron chi connectivity index (χ1n) is 8.36. The van der Waals surface area contributed by atoms with E-state index in [1.165, 1.54) is 4.31 Å². The van der Waals surface area contributed by atoms with Gasteiger partial charge in [0.15, 0.2) is 11.5 Å². The number of sulfonamides is 1. The summed E-state index contributed by atoms with van der Waals surface area (Å²) in [7, 11) is -3.53.